The molecule has 2 rings (SSSR count). The molecule has 1 aromatic heterocycles. The van der Waals surface area contributed by atoms with Gasteiger partial charge in [0.05, 0.1) is 12.8 Å². The number of hydrogen-bond donors (Lipinski definition) is 1. The first-order valence-corrected chi connectivity index (χ1v) is 7.67. The lowest BCUT2D eigenvalue weighted by Crippen LogP contribution is -2.35. The molecule has 1 aliphatic carbocycles. The molecular weight excluding hydrogens is 236 g/mol. The van der Waals surface area contributed by atoms with Crippen LogP contribution < -0.4 is 5.32 Å². The van der Waals surface area contributed by atoms with Crippen LogP contribution in [-0.2, 0) is 13.1 Å². The van der Waals surface area contributed by atoms with Crippen molar-refractivity contribution in [1.82, 2.24) is 10.2 Å². The monoisotopic (exact) mass is 264 g/mol. The van der Waals surface area contributed by atoms with Crippen molar-refractivity contribution in [2.45, 2.75) is 58.7 Å². The Bertz CT molecular complexity index is 375. The summed E-state index contributed by atoms with van der Waals surface area (Å²) in [7, 11) is 2.24. The molecule has 1 aromatic rings. The van der Waals surface area contributed by atoms with Gasteiger partial charge in [-0.15, -0.1) is 0 Å². The molecule has 108 valence electrons. The lowest BCUT2D eigenvalue weighted by molar-refractivity contribution is 0.148. The number of nitrogens with zero attached hydrogens (tertiary/aromatic N) is 1. The second kappa shape index (κ2) is 7.11. The fourth-order valence-corrected chi connectivity index (χ4v) is 3.08. The van der Waals surface area contributed by atoms with Crippen LogP contribution in [0.1, 0.15) is 50.9 Å². The van der Waals surface area contributed by atoms with Crippen LogP contribution in [0.3, 0.4) is 0 Å². The Morgan fingerprint density at radius 2 is 2.26 bits per heavy atom. The van der Waals surface area contributed by atoms with E-state index in [1.807, 2.05) is 6.26 Å². The molecule has 0 aliphatic heterocycles. The van der Waals surface area contributed by atoms with E-state index in [9.17, 15) is 0 Å². The zero-order valence-electron chi connectivity index (χ0n) is 12.6. The highest BCUT2D eigenvalue weighted by molar-refractivity contribution is 5.16. The summed E-state index contributed by atoms with van der Waals surface area (Å²) in [6.07, 6.45) is 7.26. The number of nitrogens with one attached hydrogen (secondary N) is 1. The smallest absolute Gasteiger partial charge is 0.122 e. The van der Waals surface area contributed by atoms with Crippen molar-refractivity contribution in [1.29, 1.82) is 0 Å². The summed E-state index contributed by atoms with van der Waals surface area (Å²) in [5.74, 6) is 2.00. The van der Waals surface area contributed by atoms with Crippen molar-refractivity contribution in [3.05, 3.63) is 23.7 Å². The molecule has 0 amide bonds. The van der Waals surface area contributed by atoms with E-state index in [0.29, 0.717) is 0 Å². The van der Waals surface area contributed by atoms with Crippen molar-refractivity contribution in [2.24, 2.45) is 5.92 Å². The van der Waals surface area contributed by atoms with Crippen LogP contribution in [0.5, 0.6) is 0 Å². The third kappa shape index (κ3) is 4.08. The molecule has 2 atom stereocenters. The highest BCUT2D eigenvalue weighted by Crippen LogP contribution is 2.27. The van der Waals surface area contributed by atoms with E-state index >= 15 is 0 Å². The summed E-state index contributed by atoms with van der Waals surface area (Å²) >= 11 is 0. The van der Waals surface area contributed by atoms with Crippen LogP contribution in [0.25, 0.3) is 0 Å². The normalized spacial score (nSPS) is 24.0. The first kappa shape index (κ1) is 14.6. The van der Waals surface area contributed by atoms with Crippen LogP contribution in [0.2, 0.25) is 0 Å². The highest BCUT2D eigenvalue weighted by Gasteiger charge is 2.23. The minimum Gasteiger partial charge on any atom is -0.468 e. The van der Waals surface area contributed by atoms with Gasteiger partial charge < -0.3 is 9.73 Å². The van der Waals surface area contributed by atoms with Gasteiger partial charge in [0, 0.05) is 18.2 Å². The Hall–Kier alpha value is -0.800. The molecule has 1 fully saturated rings. The molecule has 0 saturated heterocycles. The SMILES string of the molecule is CCNCc1ccoc1CN(C)C1CCCC(C)C1. The van der Waals surface area contributed by atoms with E-state index in [2.05, 4.69) is 37.2 Å². The molecule has 1 aliphatic rings. The molecule has 1 saturated carbocycles. The zero-order valence-corrected chi connectivity index (χ0v) is 12.6. The highest BCUT2D eigenvalue weighted by atomic mass is 16.3. The van der Waals surface area contributed by atoms with E-state index in [1.54, 1.807) is 0 Å². The van der Waals surface area contributed by atoms with Gasteiger partial charge in [0.15, 0.2) is 0 Å². The van der Waals surface area contributed by atoms with E-state index in [4.69, 9.17) is 4.42 Å². The molecule has 0 aromatic carbocycles. The van der Waals surface area contributed by atoms with Crippen molar-refractivity contribution in [3.8, 4) is 0 Å². The summed E-state index contributed by atoms with van der Waals surface area (Å²) in [5.41, 5.74) is 1.30. The average molecular weight is 264 g/mol. The second-order valence-electron chi connectivity index (χ2n) is 5.99. The maximum atomic E-state index is 5.67. The Morgan fingerprint density at radius 1 is 1.42 bits per heavy atom. The molecule has 3 nitrogen and oxygen atoms in total. The summed E-state index contributed by atoms with van der Waals surface area (Å²) in [6, 6.07) is 2.82. The molecule has 2 unspecified atom stereocenters. The maximum Gasteiger partial charge on any atom is 0.122 e. The van der Waals surface area contributed by atoms with Crippen molar-refractivity contribution >= 4 is 0 Å². The summed E-state index contributed by atoms with van der Waals surface area (Å²) in [6.45, 7) is 7.36. The van der Waals surface area contributed by atoms with Crippen molar-refractivity contribution < 1.29 is 4.42 Å². The minimum atomic E-state index is 0.723. The van der Waals surface area contributed by atoms with Crippen LogP contribution in [0.4, 0.5) is 0 Å². The molecule has 0 bridgehead atoms. The topological polar surface area (TPSA) is 28.4 Å². The van der Waals surface area contributed by atoms with E-state index < -0.39 is 0 Å². The first-order chi connectivity index (χ1) is 9.20. The Morgan fingerprint density at radius 3 is 3.00 bits per heavy atom. The van der Waals surface area contributed by atoms with Gasteiger partial charge in [-0.3, -0.25) is 4.90 Å². The zero-order chi connectivity index (χ0) is 13.7. The number of rotatable bonds is 6. The van der Waals surface area contributed by atoms with Crippen molar-refractivity contribution in [3.63, 3.8) is 0 Å². The Kier molecular flexibility index (Phi) is 5.46. The second-order valence-corrected chi connectivity index (χ2v) is 5.99. The third-order valence-electron chi connectivity index (χ3n) is 4.33. The van der Waals surface area contributed by atoms with Crippen LogP contribution in [0, 0.1) is 5.92 Å². The minimum absolute atomic E-state index is 0.723. The van der Waals surface area contributed by atoms with Gasteiger partial charge in [0.25, 0.3) is 0 Å². The quantitative estimate of drug-likeness (QED) is 0.853. The molecule has 0 radical (unpaired) electrons. The van der Waals surface area contributed by atoms with E-state index in [-0.39, 0.29) is 0 Å². The van der Waals surface area contributed by atoms with Gasteiger partial charge in [-0.05, 0) is 38.4 Å². The van der Waals surface area contributed by atoms with Gasteiger partial charge in [-0.1, -0.05) is 26.7 Å². The number of hydrogen-bond acceptors (Lipinski definition) is 3. The predicted octanol–water partition coefficient (Wildman–Crippen LogP) is 3.40. The fourth-order valence-electron chi connectivity index (χ4n) is 3.08. The average Bonchev–Trinajstić information content (AvgIpc) is 2.83. The molecule has 1 N–H and O–H groups in total. The molecule has 0 spiro atoms. The van der Waals surface area contributed by atoms with E-state index in [1.165, 1.54) is 31.2 Å². The third-order valence-corrected chi connectivity index (χ3v) is 4.33. The van der Waals surface area contributed by atoms with Crippen LogP contribution in [-0.4, -0.2) is 24.5 Å². The molecule has 1 heterocycles. The van der Waals surface area contributed by atoms with Crippen LogP contribution in [0.15, 0.2) is 16.7 Å². The summed E-state index contributed by atoms with van der Waals surface area (Å²) in [4.78, 5) is 2.48. The lowest BCUT2D eigenvalue weighted by Gasteiger charge is -2.33. The van der Waals surface area contributed by atoms with Crippen molar-refractivity contribution in [2.75, 3.05) is 13.6 Å². The maximum absolute atomic E-state index is 5.67. The molecule has 3 heteroatoms. The Labute approximate surface area is 117 Å². The molecule has 19 heavy (non-hydrogen) atoms. The largest absolute Gasteiger partial charge is 0.468 e. The van der Waals surface area contributed by atoms with E-state index in [0.717, 1.165) is 37.4 Å². The van der Waals surface area contributed by atoms with Gasteiger partial charge in [0.1, 0.15) is 5.76 Å². The summed E-state index contributed by atoms with van der Waals surface area (Å²) < 4.78 is 5.67. The van der Waals surface area contributed by atoms with Gasteiger partial charge in [0.2, 0.25) is 0 Å². The standard InChI is InChI=1S/C16H28N2O/c1-4-17-11-14-8-9-19-16(14)12-18(3)15-7-5-6-13(2)10-15/h8-9,13,15,17H,4-7,10-12H2,1-3H3. The lowest BCUT2D eigenvalue weighted by atomic mass is 9.86. The Balaban J connectivity index is 1.90. The summed E-state index contributed by atoms with van der Waals surface area (Å²) in [5, 5.41) is 3.37. The van der Waals surface area contributed by atoms with Gasteiger partial charge in [-0.2, -0.15) is 0 Å². The fraction of sp³-hybridized carbons (Fsp3) is 0.750. The number of furan rings is 1. The predicted molar refractivity (Wildman–Crippen MR) is 79.0 cm³/mol. The first-order valence-electron chi connectivity index (χ1n) is 7.67. The van der Waals surface area contributed by atoms with Crippen LogP contribution >= 0.6 is 0 Å². The molecular formula is C16H28N2O. The van der Waals surface area contributed by atoms with Gasteiger partial charge >= 0.3 is 0 Å². The van der Waals surface area contributed by atoms with Gasteiger partial charge in [-0.25, -0.2) is 0 Å².